The van der Waals surface area contributed by atoms with Gasteiger partial charge in [0.15, 0.2) is 0 Å². The lowest BCUT2D eigenvalue weighted by Crippen LogP contribution is -1.99. The Hall–Kier alpha value is -3.34. The topological polar surface area (TPSA) is 29.5 Å². The Kier molecular flexibility index (Phi) is 4.01. The van der Waals surface area contributed by atoms with Crippen molar-refractivity contribution in [3.05, 3.63) is 91.0 Å². The van der Waals surface area contributed by atoms with E-state index in [1.165, 1.54) is 42.8 Å². The minimum atomic E-state index is -0.335. The molecule has 0 spiro atoms. The summed E-state index contributed by atoms with van der Waals surface area (Å²) in [5, 5.41) is 16.7. The molecule has 142 valence electrons. The summed E-state index contributed by atoms with van der Waals surface area (Å²) in [5.41, 5.74) is 2.46. The van der Waals surface area contributed by atoms with Crippen LogP contribution in [-0.2, 0) is 0 Å². The largest absolute Gasteiger partial charge is 0.538 e. The Labute approximate surface area is 178 Å². The molecule has 0 saturated carbocycles. The van der Waals surface area contributed by atoms with Crippen molar-refractivity contribution in [3.63, 3.8) is 0 Å². The number of thiophene rings is 1. The van der Waals surface area contributed by atoms with E-state index < -0.39 is 0 Å². The van der Waals surface area contributed by atoms with Gasteiger partial charge < -0.3 is 9.68 Å². The summed E-state index contributed by atoms with van der Waals surface area (Å²) in [6, 6.07) is 31.9. The van der Waals surface area contributed by atoms with Gasteiger partial charge in [-0.25, -0.2) is 0 Å². The Morgan fingerprint density at radius 1 is 0.633 bits per heavy atom. The average Bonchev–Trinajstić information content (AvgIpc) is 3.19. The molecule has 0 saturated heterocycles. The molecule has 0 atom stereocenters. The molecule has 30 heavy (non-hydrogen) atoms. The van der Waals surface area contributed by atoms with Gasteiger partial charge in [0.2, 0.25) is 0 Å². The van der Waals surface area contributed by atoms with Crippen LogP contribution in [0.3, 0.4) is 0 Å². The lowest BCUT2D eigenvalue weighted by atomic mass is 9.96. The molecular formula is C26H17BO2S. The molecule has 1 heterocycles. The average molecular weight is 404 g/mol. The Bertz CT molecular complexity index is 1560. The van der Waals surface area contributed by atoms with Crippen molar-refractivity contribution in [3.8, 4) is 16.9 Å². The summed E-state index contributed by atoms with van der Waals surface area (Å²) >= 11 is 1.74. The molecule has 0 amide bonds. The van der Waals surface area contributed by atoms with Gasteiger partial charge in [0.1, 0.15) is 5.75 Å². The van der Waals surface area contributed by atoms with E-state index in [1.54, 1.807) is 11.3 Å². The maximum Gasteiger partial charge on any atom is 0.504 e. The van der Waals surface area contributed by atoms with Crippen LogP contribution in [-0.4, -0.2) is 12.7 Å². The maximum absolute atomic E-state index is 9.46. The third-order valence-electron chi connectivity index (χ3n) is 5.76. The van der Waals surface area contributed by atoms with Crippen LogP contribution in [0.2, 0.25) is 0 Å². The molecule has 0 fully saturated rings. The van der Waals surface area contributed by atoms with Crippen molar-refractivity contribution in [2.45, 2.75) is 0 Å². The molecule has 0 bridgehead atoms. The first-order chi connectivity index (χ1) is 14.8. The first kappa shape index (κ1) is 17.5. The van der Waals surface area contributed by atoms with Crippen molar-refractivity contribution >= 4 is 60.7 Å². The molecule has 0 aliphatic carbocycles. The summed E-state index contributed by atoms with van der Waals surface area (Å²) in [5.74, 6) is 0.733. The minimum absolute atomic E-state index is 0.335. The van der Waals surface area contributed by atoms with Gasteiger partial charge in [-0.3, -0.25) is 0 Å². The lowest BCUT2D eigenvalue weighted by molar-refractivity contribution is 0.457. The van der Waals surface area contributed by atoms with Crippen LogP contribution >= 0.6 is 11.3 Å². The Morgan fingerprint density at radius 2 is 1.30 bits per heavy atom. The van der Waals surface area contributed by atoms with Crippen molar-refractivity contribution in [2.75, 3.05) is 0 Å². The highest BCUT2D eigenvalue weighted by Crippen LogP contribution is 2.47. The highest BCUT2D eigenvalue weighted by Gasteiger charge is 2.17. The molecule has 0 aliphatic rings. The quantitative estimate of drug-likeness (QED) is 0.334. The molecule has 0 radical (unpaired) electrons. The SMILES string of the molecule is OBOc1cc2ccccc2c2c1sc1c(-c3cccc4ccccc34)cccc12. The zero-order valence-corrected chi connectivity index (χ0v) is 16.9. The van der Waals surface area contributed by atoms with Crippen LogP contribution < -0.4 is 4.65 Å². The lowest BCUT2D eigenvalue weighted by Gasteiger charge is -2.08. The number of fused-ring (bicyclic) bond motifs is 6. The van der Waals surface area contributed by atoms with E-state index in [2.05, 4.69) is 78.9 Å². The van der Waals surface area contributed by atoms with Crippen LogP contribution in [0.5, 0.6) is 5.75 Å². The van der Waals surface area contributed by atoms with Gasteiger partial charge in [-0.1, -0.05) is 84.9 Å². The van der Waals surface area contributed by atoms with Crippen LogP contribution in [0.4, 0.5) is 0 Å². The molecule has 5 aromatic carbocycles. The molecule has 2 nitrogen and oxygen atoms in total. The molecule has 4 heteroatoms. The van der Waals surface area contributed by atoms with E-state index in [9.17, 15) is 5.02 Å². The summed E-state index contributed by atoms with van der Waals surface area (Å²) in [4.78, 5) is 0. The third kappa shape index (κ3) is 2.55. The van der Waals surface area contributed by atoms with E-state index in [1.807, 2.05) is 12.1 Å². The van der Waals surface area contributed by atoms with E-state index in [-0.39, 0.29) is 7.69 Å². The van der Waals surface area contributed by atoms with Gasteiger partial charge in [0.05, 0.1) is 4.70 Å². The number of benzene rings is 5. The normalized spacial score (nSPS) is 11.5. The fourth-order valence-electron chi connectivity index (χ4n) is 4.47. The van der Waals surface area contributed by atoms with Gasteiger partial charge in [0, 0.05) is 21.0 Å². The zero-order chi connectivity index (χ0) is 20.1. The summed E-state index contributed by atoms with van der Waals surface area (Å²) < 4.78 is 7.95. The predicted octanol–water partition coefficient (Wildman–Crippen LogP) is 6.67. The van der Waals surface area contributed by atoms with E-state index in [0.29, 0.717) is 0 Å². The van der Waals surface area contributed by atoms with Crippen LogP contribution in [0.25, 0.3) is 52.8 Å². The van der Waals surface area contributed by atoms with Crippen molar-refractivity contribution in [1.82, 2.24) is 0 Å². The first-order valence-corrected chi connectivity index (χ1v) is 10.8. The fourth-order valence-corrected chi connectivity index (χ4v) is 5.78. The van der Waals surface area contributed by atoms with E-state index in [0.717, 1.165) is 15.8 Å². The van der Waals surface area contributed by atoms with Gasteiger partial charge in [-0.2, -0.15) is 0 Å². The highest BCUT2D eigenvalue weighted by molar-refractivity contribution is 7.27. The van der Waals surface area contributed by atoms with Crippen LogP contribution in [0.15, 0.2) is 91.0 Å². The smallest absolute Gasteiger partial charge is 0.504 e. The monoisotopic (exact) mass is 404 g/mol. The first-order valence-electron chi connectivity index (χ1n) is 9.94. The van der Waals surface area contributed by atoms with Crippen LogP contribution in [0.1, 0.15) is 0 Å². The molecular weight excluding hydrogens is 387 g/mol. The standard InChI is InChI=1S/C26H17BO2S/c28-27-29-23-15-17-8-2-4-11-19(17)24-22-14-6-13-21(25(22)30-26(23)24)20-12-5-9-16-7-1-3-10-18(16)20/h1-15,27-28H. The maximum atomic E-state index is 9.46. The number of hydrogen-bond acceptors (Lipinski definition) is 3. The number of rotatable bonds is 3. The molecule has 1 N–H and O–H groups in total. The van der Waals surface area contributed by atoms with Crippen molar-refractivity contribution in [2.24, 2.45) is 0 Å². The second-order valence-electron chi connectivity index (χ2n) is 7.38. The van der Waals surface area contributed by atoms with Crippen molar-refractivity contribution in [1.29, 1.82) is 0 Å². The summed E-state index contributed by atoms with van der Waals surface area (Å²) in [6.45, 7) is 0. The second kappa shape index (κ2) is 6.87. The molecule has 6 aromatic rings. The molecule has 1 aromatic heterocycles. The predicted molar refractivity (Wildman–Crippen MR) is 130 cm³/mol. The van der Waals surface area contributed by atoms with Gasteiger partial charge in [-0.15, -0.1) is 11.3 Å². The summed E-state index contributed by atoms with van der Waals surface area (Å²) in [7, 11) is -0.335. The zero-order valence-electron chi connectivity index (χ0n) is 16.1. The Morgan fingerprint density at radius 3 is 2.17 bits per heavy atom. The Balaban J connectivity index is 1.77. The molecule has 0 unspecified atom stereocenters. The van der Waals surface area contributed by atoms with Gasteiger partial charge in [0.25, 0.3) is 0 Å². The van der Waals surface area contributed by atoms with Gasteiger partial charge >= 0.3 is 7.69 Å². The second-order valence-corrected chi connectivity index (χ2v) is 8.41. The summed E-state index contributed by atoms with van der Waals surface area (Å²) in [6.07, 6.45) is 0. The minimum Gasteiger partial charge on any atom is -0.538 e. The van der Waals surface area contributed by atoms with Gasteiger partial charge in [-0.05, 0) is 33.2 Å². The fraction of sp³-hybridized carbons (Fsp3) is 0. The highest BCUT2D eigenvalue weighted by atomic mass is 32.1. The number of hydrogen-bond donors (Lipinski definition) is 1. The van der Waals surface area contributed by atoms with Crippen LogP contribution in [0, 0.1) is 0 Å². The van der Waals surface area contributed by atoms with E-state index in [4.69, 9.17) is 4.65 Å². The van der Waals surface area contributed by atoms with Crippen molar-refractivity contribution < 1.29 is 9.68 Å². The molecule has 6 rings (SSSR count). The third-order valence-corrected chi connectivity index (χ3v) is 7.01. The van der Waals surface area contributed by atoms with E-state index >= 15 is 0 Å². The molecule has 0 aliphatic heterocycles.